The van der Waals surface area contributed by atoms with Crippen LogP contribution in [0, 0.1) is 17.2 Å². The first kappa shape index (κ1) is 17.5. The van der Waals surface area contributed by atoms with Crippen molar-refractivity contribution in [2.24, 2.45) is 5.92 Å². The average molecular weight is 313 g/mol. The molecule has 1 heterocycles. The van der Waals surface area contributed by atoms with Gasteiger partial charge in [0, 0.05) is 6.54 Å². The molecule has 1 aliphatic rings. The van der Waals surface area contributed by atoms with Crippen molar-refractivity contribution in [3.8, 4) is 6.07 Å². The van der Waals surface area contributed by atoms with Crippen LogP contribution in [0.3, 0.4) is 0 Å². The van der Waals surface area contributed by atoms with Crippen LogP contribution in [0.1, 0.15) is 50.7 Å². The Balaban J connectivity index is 1.87. The Hall–Kier alpha value is -1.86. The van der Waals surface area contributed by atoms with Crippen molar-refractivity contribution >= 4 is 5.91 Å². The Morgan fingerprint density at radius 3 is 2.74 bits per heavy atom. The van der Waals surface area contributed by atoms with Gasteiger partial charge in [-0.15, -0.1) is 0 Å². The van der Waals surface area contributed by atoms with E-state index in [1.165, 1.54) is 6.42 Å². The number of carbonyl (C=O) groups is 1. The molecule has 4 heteroatoms. The van der Waals surface area contributed by atoms with Gasteiger partial charge in [0.25, 0.3) is 0 Å². The number of likely N-dealkylation sites (tertiary alicyclic amines) is 1. The highest BCUT2D eigenvalue weighted by Crippen LogP contribution is 2.18. The first-order valence-corrected chi connectivity index (χ1v) is 8.61. The van der Waals surface area contributed by atoms with Crippen molar-refractivity contribution in [1.82, 2.24) is 10.2 Å². The summed E-state index contributed by atoms with van der Waals surface area (Å²) in [5.41, 5.74) is 1.68. The van der Waals surface area contributed by atoms with Gasteiger partial charge in [-0.1, -0.05) is 32.4 Å². The standard InChI is InChI=1S/C19H27N3O/c1-15(2)10-12-22-11-4-3-5-18(22)19(23)21-14-17-8-6-16(13-20)7-9-17/h6-9,15,18H,3-5,10-12,14H2,1-2H3,(H,21,23). The fourth-order valence-electron chi connectivity index (χ4n) is 2.98. The highest BCUT2D eigenvalue weighted by Gasteiger charge is 2.28. The molecular weight excluding hydrogens is 286 g/mol. The van der Waals surface area contributed by atoms with Crippen LogP contribution in [-0.4, -0.2) is 29.9 Å². The molecule has 1 saturated heterocycles. The molecule has 0 radical (unpaired) electrons. The van der Waals surface area contributed by atoms with Gasteiger partial charge >= 0.3 is 0 Å². The molecule has 1 N–H and O–H groups in total. The number of nitrogens with zero attached hydrogens (tertiary/aromatic N) is 2. The van der Waals surface area contributed by atoms with Crippen molar-refractivity contribution in [2.75, 3.05) is 13.1 Å². The minimum atomic E-state index is 0.0147. The Labute approximate surface area is 139 Å². The molecule has 1 unspecified atom stereocenters. The highest BCUT2D eigenvalue weighted by molar-refractivity contribution is 5.81. The normalized spacial score (nSPS) is 18.6. The number of rotatable bonds is 6. The van der Waals surface area contributed by atoms with Gasteiger partial charge in [0.2, 0.25) is 5.91 Å². The predicted molar refractivity (Wildman–Crippen MR) is 91.7 cm³/mol. The molecule has 0 aromatic heterocycles. The Morgan fingerprint density at radius 2 is 2.09 bits per heavy atom. The van der Waals surface area contributed by atoms with Crippen molar-refractivity contribution in [2.45, 2.75) is 52.1 Å². The van der Waals surface area contributed by atoms with Crippen LogP contribution in [0.5, 0.6) is 0 Å². The van der Waals surface area contributed by atoms with E-state index < -0.39 is 0 Å². The predicted octanol–water partition coefficient (Wildman–Crippen LogP) is 3.08. The molecule has 1 aromatic rings. The van der Waals surface area contributed by atoms with Crippen molar-refractivity contribution in [3.63, 3.8) is 0 Å². The van der Waals surface area contributed by atoms with Crippen molar-refractivity contribution in [3.05, 3.63) is 35.4 Å². The van der Waals surface area contributed by atoms with Crippen LogP contribution in [-0.2, 0) is 11.3 Å². The van der Waals surface area contributed by atoms with Gasteiger partial charge < -0.3 is 5.32 Å². The number of hydrogen-bond acceptors (Lipinski definition) is 3. The average Bonchev–Trinajstić information content (AvgIpc) is 2.58. The summed E-state index contributed by atoms with van der Waals surface area (Å²) in [5.74, 6) is 0.803. The van der Waals surface area contributed by atoms with Crippen LogP contribution in [0.25, 0.3) is 0 Å². The lowest BCUT2D eigenvalue weighted by molar-refractivity contribution is -0.127. The number of piperidine rings is 1. The van der Waals surface area contributed by atoms with Crippen molar-refractivity contribution in [1.29, 1.82) is 5.26 Å². The zero-order chi connectivity index (χ0) is 16.7. The van der Waals surface area contributed by atoms with Gasteiger partial charge in [-0.2, -0.15) is 5.26 Å². The molecule has 1 atom stereocenters. The summed E-state index contributed by atoms with van der Waals surface area (Å²) in [6, 6.07) is 9.50. The molecule has 124 valence electrons. The third-order valence-corrected chi connectivity index (χ3v) is 4.46. The fourth-order valence-corrected chi connectivity index (χ4v) is 2.98. The first-order valence-electron chi connectivity index (χ1n) is 8.61. The quantitative estimate of drug-likeness (QED) is 0.878. The maximum atomic E-state index is 12.5. The highest BCUT2D eigenvalue weighted by atomic mass is 16.2. The summed E-state index contributed by atoms with van der Waals surface area (Å²) in [6.07, 6.45) is 4.42. The zero-order valence-electron chi connectivity index (χ0n) is 14.2. The lowest BCUT2D eigenvalue weighted by Crippen LogP contribution is -2.49. The summed E-state index contributed by atoms with van der Waals surface area (Å²) >= 11 is 0. The van der Waals surface area contributed by atoms with E-state index in [0.29, 0.717) is 18.0 Å². The molecule has 1 amide bonds. The molecule has 1 aromatic carbocycles. The van der Waals surface area contributed by atoms with E-state index in [1.807, 2.05) is 12.1 Å². The first-order chi connectivity index (χ1) is 11.1. The summed E-state index contributed by atoms with van der Waals surface area (Å²) < 4.78 is 0. The van der Waals surface area contributed by atoms with Crippen LogP contribution in [0.15, 0.2) is 24.3 Å². The van der Waals surface area contributed by atoms with Gasteiger partial charge in [0.15, 0.2) is 0 Å². The lowest BCUT2D eigenvalue weighted by atomic mass is 10.00. The van der Waals surface area contributed by atoms with Gasteiger partial charge in [-0.05, 0) is 56.0 Å². The van der Waals surface area contributed by atoms with Crippen LogP contribution in [0.2, 0.25) is 0 Å². The molecule has 1 aliphatic heterocycles. The molecule has 0 spiro atoms. The van der Waals surface area contributed by atoms with E-state index in [4.69, 9.17) is 5.26 Å². The number of carbonyl (C=O) groups excluding carboxylic acids is 1. The van der Waals surface area contributed by atoms with Crippen LogP contribution < -0.4 is 5.32 Å². The molecule has 1 fully saturated rings. The second-order valence-electron chi connectivity index (χ2n) is 6.76. The van der Waals surface area contributed by atoms with Gasteiger partial charge in [-0.3, -0.25) is 9.69 Å². The van der Waals surface area contributed by atoms with E-state index in [-0.39, 0.29) is 11.9 Å². The van der Waals surface area contributed by atoms with Crippen LogP contribution >= 0.6 is 0 Å². The number of benzene rings is 1. The van der Waals surface area contributed by atoms with Crippen molar-refractivity contribution < 1.29 is 4.79 Å². The summed E-state index contributed by atoms with van der Waals surface area (Å²) in [4.78, 5) is 14.9. The van der Waals surface area contributed by atoms with E-state index in [2.05, 4.69) is 30.1 Å². The molecule has 2 rings (SSSR count). The lowest BCUT2D eigenvalue weighted by Gasteiger charge is -2.35. The summed E-state index contributed by atoms with van der Waals surface area (Å²) in [7, 11) is 0. The molecule has 0 aliphatic carbocycles. The molecule has 4 nitrogen and oxygen atoms in total. The second-order valence-corrected chi connectivity index (χ2v) is 6.76. The number of hydrogen-bond donors (Lipinski definition) is 1. The van der Waals surface area contributed by atoms with E-state index in [9.17, 15) is 4.79 Å². The number of nitriles is 1. The van der Waals surface area contributed by atoms with E-state index >= 15 is 0 Å². The van der Waals surface area contributed by atoms with E-state index in [1.54, 1.807) is 12.1 Å². The second kappa shape index (κ2) is 8.69. The Kier molecular flexibility index (Phi) is 6.61. The number of nitrogens with one attached hydrogen (secondary N) is 1. The maximum absolute atomic E-state index is 12.5. The smallest absolute Gasteiger partial charge is 0.237 e. The van der Waals surface area contributed by atoms with Gasteiger partial charge in [-0.25, -0.2) is 0 Å². The molecular formula is C19H27N3O. The maximum Gasteiger partial charge on any atom is 0.237 e. The topological polar surface area (TPSA) is 56.1 Å². The summed E-state index contributed by atoms with van der Waals surface area (Å²) in [6.45, 7) is 7.02. The Bertz CT molecular complexity index is 545. The SMILES string of the molecule is CC(C)CCN1CCCCC1C(=O)NCc1ccc(C#N)cc1. The van der Waals surface area contributed by atoms with Gasteiger partial charge in [0.1, 0.15) is 0 Å². The summed E-state index contributed by atoms with van der Waals surface area (Å²) in [5, 5.41) is 11.9. The third-order valence-electron chi connectivity index (χ3n) is 4.46. The molecule has 23 heavy (non-hydrogen) atoms. The molecule has 0 saturated carbocycles. The number of amides is 1. The Morgan fingerprint density at radius 1 is 1.35 bits per heavy atom. The minimum Gasteiger partial charge on any atom is -0.351 e. The minimum absolute atomic E-state index is 0.0147. The van der Waals surface area contributed by atoms with Gasteiger partial charge in [0.05, 0.1) is 17.7 Å². The van der Waals surface area contributed by atoms with Crippen LogP contribution in [0.4, 0.5) is 0 Å². The van der Waals surface area contributed by atoms with E-state index in [0.717, 1.165) is 37.9 Å². The largest absolute Gasteiger partial charge is 0.351 e. The monoisotopic (exact) mass is 313 g/mol. The third kappa shape index (κ3) is 5.37. The zero-order valence-corrected chi connectivity index (χ0v) is 14.2. The fraction of sp³-hybridized carbons (Fsp3) is 0.579. The molecule has 0 bridgehead atoms.